The quantitative estimate of drug-likeness (QED) is 0.221. The maximum absolute atomic E-state index is 10.1. The molecular weight excluding hydrogens is 204 g/mol. The van der Waals surface area contributed by atoms with E-state index in [0.717, 1.165) is 5.75 Å². The van der Waals surface area contributed by atoms with E-state index in [-0.39, 0.29) is 0 Å². The molecule has 0 spiro atoms. The highest BCUT2D eigenvalue weighted by Crippen LogP contribution is 2.00. The van der Waals surface area contributed by atoms with Crippen LogP contribution in [-0.2, 0) is 0 Å². The number of aliphatic hydroxyl groups excluding tert-OH is 1. The van der Waals surface area contributed by atoms with Crippen molar-refractivity contribution in [3.8, 4) is 0 Å². The third-order valence-electron chi connectivity index (χ3n) is 1.53. The molecule has 2 unspecified atom stereocenters. The minimum absolute atomic E-state index is 0.477. The van der Waals surface area contributed by atoms with E-state index in [4.69, 9.17) is 5.11 Å². The number of hydrogen-bond acceptors (Lipinski definition) is 7. The number of hydrogen-bond donors (Lipinski definition) is 3. The SMILES string of the molecule is CNC(NCCSN(C)C)C(O)N=O. The van der Waals surface area contributed by atoms with Crippen LogP contribution in [0.1, 0.15) is 0 Å². The van der Waals surface area contributed by atoms with Crippen LogP contribution in [0.2, 0.25) is 0 Å². The van der Waals surface area contributed by atoms with Crippen molar-refractivity contribution in [1.82, 2.24) is 14.9 Å². The number of likely N-dealkylation sites (N-methyl/N-ethyl adjacent to an activating group) is 1. The molecule has 0 aliphatic rings. The highest BCUT2D eigenvalue weighted by atomic mass is 32.2. The van der Waals surface area contributed by atoms with Crippen molar-refractivity contribution in [2.24, 2.45) is 5.18 Å². The molecule has 0 saturated carbocycles. The Morgan fingerprint density at radius 2 is 2.21 bits per heavy atom. The van der Waals surface area contributed by atoms with Gasteiger partial charge in [-0.1, -0.05) is 11.9 Å². The van der Waals surface area contributed by atoms with Crippen molar-refractivity contribution in [2.45, 2.75) is 12.4 Å². The summed E-state index contributed by atoms with van der Waals surface area (Å²) in [6, 6.07) is 0. The number of aliphatic hydroxyl groups is 1. The monoisotopic (exact) mass is 222 g/mol. The maximum Gasteiger partial charge on any atom is 0.215 e. The van der Waals surface area contributed by atoms with E-state index in [1.807, 2.05) is 18.4 Å². The lowest BCUT2D eigenvalue weighted by atomic mass is 10.4. The molecule has 0 fully saturated rings. The van der Waals surface area contributed by atoms with Gasteiger partial charge in [-0.2, -0.15) is 0 Å². The van der Waals surface area contributed by atoms with Crippen molar-refractivity contribution in [2.75, 3.05) is 33.4 Å². The lowest BCUT2D eigenvalue weighted by Gasteiger charge is -2.19. The average molecular weight is 222 g/mol. The van der Waals surface area contributed by atoms with Crippen molar-refractivity contribution in [3.63, 3.8) is 0 Å². The Morgan fingerprint density at radius 1 is 1.57 bits per heavy atom. The topological polar surface area (TPSA) is 77.0 Å². The Hall–Kier alpha value is -0.210. The van der Waals surface area contributed by atoms with E-state index in [9.17, 15) is 4.91 Å². The molecule has 0 bridgehead atoms. The van der Waals surface area contributed by atoms with Crippen LogP contribution in [0.3, 0.4) is 0 Å². The van der Waals surface area contributed by atoms with Crippen LogP contribution >= 0.6 is 11.9 Å². The van der Waals surface area contributed by atoms with Gasteiger partial charge in [0.05, 0.1) is 0 Å². The molecule has 0 rings (SSSR count). The zero-order valence-corrected chi connectivity index (χ0v) is 9.54. The summed E-state index contributed by atoms with van der Waals surface area (Å²) in [6.45, 7) is 0.695. The van der Waals surface area contributed by atoms with Crippen molar-refractivity contribution >= 4 is 11.9 Å². The third-order valence-corrected chi connectivity index (χ3v) is 2.44. The molecule has 6 nitrogen and oxygen atoms in total. The summed E-state index contributed by atoms with van der Waals surface area (Å²) in [5.74, 6) is 0.872. The van der Waals surface area contributed by atoms with Gasteiger partial charge in [0.15, 0.2) is 0 Å². The molecular formula is C7H18N4O2S. The molecule has 0 aromatic rings. The van der Waals surface area contributed by atoms with Crippen molar-refractivity contribution < 1.29 is 5.11 Å². The molecule has 0 aliphatic heterocycles. The Kier molecular flexibility index (Phi) is 8.01. The van der Waals surface area contributed by atoms with Gasteiger partial charge in [-0.25, -0.2) is 0 Å². The number of nitrogens with one attached hydrogen (secondary N) is 2. The van der Waals surface area contributed by atoms with E-state index in [0.29, 0.717) is 6.54 Å². The first-order chi connectivity index (χ1) is 6.61. The Labute approximate surface area is 88.5 Å². The molecule has 84 valence electrons. The van der Waals surface area contributed by atoms with E-state index >= 15 is 0 Å². The fourth-order valence-electron chi connectivity index (χ4n) is 0.860. The molecule has 0 aromatic carbocycles. The number of rotatable bonds is 8. The second-order valence-corrected chi connectivity index (χ2v) is 4.28. The standard InChI is InChI=1S/C7H18N4O2S/c1-8-6(7(12)10-13)9-4-5-14-11(2)3/h6-9,12H,4-5H2,1-3H3. The van der Waals surface area contributed by atoms with Crippen LogP contribution < -0.4 is 10.6 Å². The maximum atomic E-state index is 10.1. The van der Waals surface area contributed by atoms with Crippen LogP contribution in [-0.4, -0.2) is 55.2 Å². The van der Waals surface area contributed by atoms with Gasteiger partial charge in [-0.15, -0.1) is 4.91 Å². The summed E-state index contributed by atoms with van der Waals surface area (Å²) in [6.07, 6.45) is -1.72. The molecule has 0 amide bonds. The van der Waals surface area contributed by atoms with E-state index in [1.165, 1.54) is 0 Å². The summed E-state index contributed by atoms with van der Waals surface area (Å²) in [5, 5.41) is 17.4. The van der Waals surface area contributed by atoms with Crippen LogP contribution in [0.5, 0.6) is 0 Å². The number of nitroso groups, excluding NO2 is 1. The molecule has 3 N–H and O–H groups in total. The third kappa shape index (κ3) is 6.28. The second kappa shape index (κ2) is 8.13. The highest BCUT2D eigenvalue weighted by Gasteiger charge is 2.16. The van der Waals surface area contributed by atoms with E-state index < -0.39 is 12.4 Å². The Morgan fingerprint density at radius 3 is 2.64 bits per heavy atom. The minimum Gasteiger partial charge on any atom is -0.367 e. The van der Waals surface area contributed by atoms with Gasteiger partial charge in [0, 0.05) is 12.3 Å². The van der Waals surface area contributed by atoms with E-state index in [1.54, 1.807) is 19.0 Å². The fourth-order valence-corrected chi connectivity index (χ4v) is 1.43. The van der Waals surface area contributed by atoms with Gasteiger partial charge in [0.25, 0.3) is 0 Å². The molecule has 7 heteroatoms. The van der Waals surface area contributed by atoms with Gasteiger partial charge in [-0.3, -0.25) is 9.62 Å². The van der Waals surface area contributed by atoms with Gasteiger partial charge < -0.3 is 10.4 Å². The van der Waals surface area contributed by atoms with Crippen LogP contribution in [0.15, 0.2) is 5.18 Å². The first kappa shape index (κ1) is 13.8. The Bertz CT molecular complexity index is 159. The molecule has 14 heavy (non-hydrogen) atoms. The molecule has 2 atom stereocenters. The largest absolute Gasteiger partial charge is 0.367 e. The lowest BCUT2D eigenvalue weighted by Crippen LogP contribution is -2.49. The van der Waals surface area contributed by atoms with Crippen molar-refractivity contribution in [3.05, 3.63) is 4.91 Å². The van der Waals surface area contributed by atoms with Gasteiger partial charge in [0.2, 0.25) is 6.23 Å². The van der Waals surface area contributed by atoms with Crippen LogP contribution in [0.25, 0.3) is 0 Å². The van der Waals surface area contributed by atoms with E-state index in [2.05, 4.69) is 15.8 Å². The summed E-state index contributed by atoms with van der Waals surface area (Å²) in [7, 11) is 5.58. The summed E-state index contributed by atoms with van der Waals surface area (Å²) in [5.41, 5.74) is 0. The van der Waals surface area contributed by atoms with Gasteiger partial charge in [0.1, 0.15) is 6.17 Å². The zero-order valence-electron chi connectivity index (χ0n) is 8.73. The van der Waals surface area contributed by atoms with Crippen molar-refractivity contribution in [1.29, 1.82) is 0 Å². The normalized spacial score (nSPS) is 15.5. The predicted molar refractivity (Wildman–Crippen MR) is 58.8 cm³/mol. The van der Waals surface area contributed by atoms with Crippen LogP contribution in [0.4, 0.5) is 0 Å². The lowest BCUT2D eigenvalue weighted by molar-refractivity contribution is 0.122. The Balaban J connectivity index is 3.57. The fraction of sp³-hybridized carbons (Fsp3) is 1.00. The molecule has 0 aromatic heterocycles. The summed E-state index contributed by atoms with van der Waals surface area (Å²) >= 11 is 1.66. The second-order valence-electron chi connectivity index (χ2n) is 2.89. The zero-order chi connectivity index (χ0) is 11.0. The first-order valence-electron chi connectivity index (χ1n) is 4.33. The predicted octanol–water partition coefficient (Wildman–Crippen LogP) is -0.584. The molecule has 0 saturated heterocycles. The molecule has 0 aliphatic carbocycles. The molecule has 0 heterocycles. The summed E-state index contributed by atoms with van der Waals surface area (Å²) in [4.78, 5) is 10.1. The highest BCUT2D eigenvalue weighted by molar-refractivity contribution is 7.96. The first-order valence-corrected chi connectivity index (χ1v) is 5.27. The molecule has 0 radical (unpaired) electrons. The summed E-state index contributed by atoms with van der Waals surface area (Å²) < 4.78 is 1.99. The number of nitrogens with zero attached hydrogens (tertiary/aromatic N) is 2. The smallest absolute Gasteiger partial charge is 0.215 e. The average Bonchev–Trinajstić information content (AvgIpc) is 2.16. The van der Waals surface area contributed by atoms with Gasteiger partial charge in [-0.05, 0) is 26.3 Å². The van der Waals surface area contributed by atoms with Crippen LogP contribution in [0, 0.1) is 4.91 Å². The van der Waals surface area contributed by atoms with Gasteiger partial charge >= 0.3 is 0 Å². The minimum atomic E-state index is -1.25.